The van der Waals surface area contributed by atoms with E-state index in [0.29, 0.717) is 11.3 Å². The lowest BCUT2D eigenvalue weighted by Gasteiger charge is -2.21. The number of hydrogen-bond donors (Lipinski definition) is 1. The van der Waals surface area contributed by atoms with E-state index < -0.39 is 35.5 Å². The standard InChI is InChI=1S/C23H25FN4O7S2/c1-13-25-11-21(35-13)37(31,32)27-16-8-14(7-15(24)22(16)34-6)17-10-26-20-9-18(33-5)19(12-28(17)20)36(29,30)23(2,3)4/h7-12,27H,1-6H3. The number of oxazole rings is 1. The second kappa shape index (κ2) is 9.03. The van der Waals surface area contributed by atoms with E-state index in [1.807, 2.05) is 0 Å². The highest BCUT2D eigenvalue weighted by atomic mass is 32.2. The number of ether oxygens (including phenoxy) is 2. The van der Waals surface area contributed by atoms with Crippen molar-refractivity contribution in [2.45, 2.75) is 42.4 Å². The number of benzene rings is 1. The monoisotopic (exact) mass is 552 g/mol. The molecule has 37 heavy (non-hydrogen) atoms. The Labute approximate surface area is 213 Å². The molecule has 0 aliphatic heterocycles. The molecule has 3 heterocycles. The van der Waals surface area contributed by atoms with E-state index in [-0.39, 0.29) is 33.5 Å². The Morgan fingerprint density at radius 2 is 1.73 bits per heavy atom. The molecule has 4 rings (SSSR count). The van der Waals surface area contributed by atoms with Gasteiger partial charge in [0, 0.05) is 24.8 Å². The lowest BCUT2D eigenvalue weighted by Crippen LogP contribution is -2.28. The van der Waals surface area contributed by atoms with Crippen LogP contribution in [0.1, 0.15) is 26.7 Å². The van der Waals surface area contributed by atoms with Crippen LogP contribution in [0, 0.1) is 12.7 Å². The van der Waals surface area contributed by atoms with Crippen molar-refractivity contribution < 1.29 is 35.1 Å². The maximum Gasteiger partial charge on any atom is 0.297 e. The second-order valence-electron chi connectivity index (χ2n) is 9.04. The van der Waals surface area contributed by atoms with Crippen LogP contribution in [-0.2, 0) is 19.9 Å². The predicted octanol–water partition coefficient (Wildman–Crippen LogP) is 3.83. The Morgan fingerprint density at radius 1 is 1.03 bits per heavy atom. The molecule has 4 aromatic rings. The summed E-state index contributed by atoms with van der Waals surface area (Å²) in [6, 6.07) is 3.92. The van der Waals surface area contributed by atoms with Gasteiger partial charge in [0.2, 0.25) is 0 Å². The molecule has 0 bridgehead atoms. The van der Waals surface area contributed by atoms with E-state index in [1.54, 1.807) is 20.8 Å². The first-order valence-electron chi connectivity index (χ1n) is 10.8. The highest BCUT2D eigenvalue weighted by Crippen LogP contribution is 2.37. The van der Waals surface area contributed by atoms with Gasteiger partial charge in [0.15, 0.2) is 27.3 Å². The normalized spacial score (nSPS) is 12.6. The molecular weight excluding hydrogens is 527 g/mol. The largest absolute Gasteiger partial charge is 0.495 e. The summed E-state index contributed by atoms with van der Waals surface area (Å²) in [4.78, 5) is 7.98. The first-order valence-corrected chi connectivity index (χ1v) is 13.8. The minimum Gasteiger partial charge on any atom is -0.495 e. The van der Waals surface area contributed by atoms with Gasteiger partial charge < -0.3 is 13.9 Å². The van der Waals surface area contributed by atoms with Gasteiger partial charge in [0.25, 0.3) is 15.1 Å². The molecule has 198 valence electrons. The summed E-state index contributed by atoms with van der Waals surface area (Å²) < 4.78 is 85.3. The van der Waals surface area contributed by atoms with Crippen molar-refractivity contribution >= 4 is 31.2 Å². The number of imidazole rings is 1. The quantitative estimate of drug-likeness (QED) is 0.362. The zero-order valence-electron chi connectivity index (χ0n) is 20.9. The van der Waals surface area contributed by atoms with E-state index in [1.165, 1.54) is 50.1 Å². The van der Waals surface area contributed by atoms with Crippen molar-refractivity contribution in [2.75, 3.05) is 18.9 Å². The number of sulfonamides is 1. The molecule has 0 fully saturated rings. The number of nitrogens with one attached hydrogen (secondary N) is 1. The third-order valence-electron chi connectivity index (χ3n) is 5.54. The molecule has 1 N–H and O–H groups in total. The minimum absolute atomic E-state index is 0.0788. The molecule has 14 heteroatoms. The molecule has 0 aliphatic rings. The van der Waals surface area contributed by atoms with E-state index in [0.717, 1.165) is 12.3 Å². The molecule has 0 saturated carbocycles. The number of fused-ring (bicyclic) bond motifs is 1. The summed E-state index contributed by atoms with van der Waals surface area (Å²) in [5.41, 5.74) is 0.606. The van der Waals surface area contributed by atoms with Gasteiger partial charge in [0.05, 0.1) is 42.7 Å². The zero-order valence-corrected chi connectivity index (χ0v) is 22.5. The Bertz CT molecular complexity index is 1720. The fourth-order valence-corrected chi connectivity index (χ4v) is 5.85. The van der Waals surface area contributed by atoms with Crippen molar-refractivity contribution in [3.05, 3.63) is 48.5 Å². The van der Waals surface area contributed by atoms with Crippen LogP contribution >= 0.6 is 0 Å². The van der Waals surface area contributed by atoms with Crippen LogP contribution in [0.25, 0.3) is 16.9 Å². The van der Waals surface area contributed by atoms with Crippen LogP contribution in [0.2, 0.25) is 0 Å². The van der Waals surface area contributed by atoms with Gasteiger partial charge in [-0.25, -0.2) is 22.8 Å². The number of aromatic nitrogens is 3. The van der Waals surface area contributed by atoms with Crippen LogP contribution in [-0.4, -0.2) is 50.2 Å². The van der Waals surface area contributed by atoms with E-state index in [4.69, 9.17) is 13.9 Å². The number of anilines is 1. The lowest BCUT2D eigenvalue weighted by molar-refractivity contribution is 0.388. The summed E-state index contributed by atoms with van der Waals surface area (Å²) in [7, 11) is -5.56. The van der Waals surface area contributed by atoms with Gasteiger partial charge in [-0.05, 0) is 32.9 Å². The summed E-state index contributed by atoms with van der Waals surface area (Å²) in [6.45, 7) is 6.17. The Kier molecular flexibility index (Phi) is 6.44. The van der Waals surface area contributed by atoms with E-state index >= 15 is 4.39 Å². The zero-order chi connectivity index (χ0) is 27.3. The molecule has 0 spiro atoms. The smallest absolute Gasteiger partial charge is 0.297 e. The van der Waals surface area contributed by atoms with Crippen LogP contribution in [0.15, 0.2) is 51.2 Å². The molecule has 0 amide bonds. The number of methoxy groups -OCH3 is 2. The Balaban J connectivity index is 1.90. The van der Waals surface area contributed by atoms with Crippen molar-refractivity contribution in [2.24, 2.45) is 0 Å². The number of nitrogens with zero attached hydrogens (tertiary/aromatic N) is 3. The molecule has 0 aliphatic carbocycles. The Hall–Kier alpha value is -3.65. The lowest BCUT2D eigenvalue weighted by atomic mass is 10.1. The van der Waals surface area contributed by atoms with Crippen LogP contribution in [0.3, 0.4) is 0 Å². The third kappa shape index (κ3) is 4.62. The maximum atomic E-state index is 15.1. The predicted molar refractivity (Wildman–Crippen MR) is 133 cm³/mol. The van der Waals surface area contributed by atoms with E-state index in [2.05, 4.69) is 14.7 Å². The molecule has 0 atom stereocenters. The van der Waals surface area contributed by atoms with Crippen molar-refractivity contribution in [1.29, 1.82) is 0 Å². The molecule has 0 saturated heterocycles. The van der Waals surface area contributed by atoms with Gasteiger partial charge in [-0.2, -0.15) is 8.42 Å². The molecule has 1 aromatic carbocycles. The molecule has 0 unspecified atom stereocenters. The molecule has 3 aromatic heterocycles. The fraction of sp³-hybridized carbons (Fsp3) is 0.304. The van der Waals surface area contributed by atoms with Crippen molar-refractivity contribution in [3.8, 4) is 22.8 Å². The first kappa shape index (κ1) is 26.4. The SMILES string of the molecule is COc1cc2ncc(-c3cc(F)c(OC)c(NS(=O)(=O)c4cnc(C)o4)c3)n2cc1S(=O)(=O)C(C)(C)C. The van der Waals surface area contributed by atoms with E-state index in [9.17, 15) is 16.8 Å². The summed E-state index contributed by atoms with van der Waals surface area (Å²) >= 11 is 0. The molecule has 0 radical (unpaired) electrons. The first-order chi connectivity index (χ1) is 17.2. The highest BCUT2D eigenvalue weighted by molar-refractivity contribution is 7.93. The summed E-state index contributed by atoms with van der Waals surface area (Å²) in [5.74, 6) is -0.974. The number of aryl methyl sites for hydroxylation is 1. The number of pyridine rings is 1. The Morgan fingerprint density at radius 3 is 2.30 bits per heavy atom. The number of halogens is 1. The van der Waals surface area contributed by atoms with Crippen LogP contribution in [0.4, 0.5) is 10.1 Å². The molecule has 11 nitrogen and oxygen atoms in total. The number of sulfone groups is 1. The second-order valence-corrected chi connectivity index (χ2v) is 13.3. The van der Waals surface area contributed by atoms with Crippen molar-refractivity contribution in [1.82, 2.24) is 14.4 Å². The average molecular weight is 553 g/mol. The molecular formula is C23H25FN4O7S2. The van der Waals surface area contributed by atoms with Crippen LogP contribution < -0.4 is 14.2 Å². The third-order valence-corrected chi connectivity index (χ3v) is 9.25. The maximum absolute atomic E-state index is 15.1. The summed E-state index contributed by atoms with van der Waals surface area (Å²) in [5, 5.41) is -0.461. The van der Waals surface area contributed by atoms with Crippen LogP contribution in [0.5, 0.6) is 11.5 Å². The minimum atomic E-state index is -4.27. The fourth-order valence-electron chi connectivity index (χ4n) is 3.58. The van der Waals surface area contributed by atoms with Gasteiger partial charge in [-0.15, -0.1) is 0 Å². The van der Waals surface area contributed by atoms with Gasteiger partial charge in [-0.1, -0.05) is 0 Å². The topological polar surface area (TPSA) is 142 Å². The summed E-state index contributed by atoms with van der Waals surface area (Å²) in [6.07, 6.45) is 3.78. The number of rotatable bonds is 7. The average Bonchev–Trinajstić information content (AvgIpc) is 3.43. The van der Waals surface area contributed by atoms with Crippen molar-refractivity contribution in [3.63, 3.8) is 0 Å². The van der Waals surface area contributed by atoms with Gasteiger partial charge >= 0.3 is 0 Å². The number of hydrogen-bond acceptors (Lipinski definition) is 9. The highest BCUT2D eigenvalue weighted by Gasteiger charge is 2.34. The van der Waals surface area contributed by atoms with Gasteiger partial charge in [0.1, 0.15) is 16.3 Å². The van der Waals surface area contributed by atoms with Gasteiger partial charge in [-0.3, -0.25) is 9.12 Å².